The molecular weight excluding hydrogens is 706 g/mol. The van der Waals surface area contributed by atoms with Crippen LogP contribution in [0.5, 0.6) is 0 Å². The summed E-state index contributed by atoms with van der Waals surface area (Å²) in [5.41, 5.74) is 8.14. The number of alkyl halides is 1. The second kappa shape index (κ2) is 15.1. The van der Waals surface area contributed by atoms with Gasteiger partial charge in [0.05, 0.1) is 9.64 Å². The average Bonchev–Trinajstić information content (AvgIpc) is 3.57. The van der Waals surface area contributed by atoms with E-state index in [0.29, 0.717) is 11.8 Å². The highest BCUT2D eigenvalue weighted by atomic mass is 79.9. The zero-order valence-corrected chi connectivity index (χ0v) is 29.4. The van der Waals surface area contributed by atoms with Crippen molar-refractivity contribution in [2.75, 3.05) is 11.9 Å². The molecule has 5 aromatic rings. The number of thioether (sulfide) groups is 1. The van der Waals surface area contributed by atoms with E-state index in [4.69, 9.17) is 0 Å². The molecule has 0 unspecified atom stereocenters. The number of hydrogen-bond donors (Lipinski definition) is 2. The van der Waals surface area contributed by atoms with Crippen molar-refractivity contribution in [1.82, 2.24) is 15.2 Å². The molecule has 0 saturated carbocycles. The first kappa shape index (κ1) is 33.9. The van der Waals surface area contributed by atoms with Gasteiger partial charge in [0, 0.05) is 23.5 Å². The van der Waals surface area contributed by atoms with Gasteiger partial charge in [0.25, 0.3) is 5.91 Å². The molecule has 0 aromatic heterocycles. The molecule has 1 heterocycles. The van der Waals surface area contributed by atoms with Gasteiger partial charge < -0.3 is 0 Å². The number of nitrogens with zero attached hydrogens (tertiary/aromatic N) is 1. The molecule has 2 N–H and O–H groups in total. The van der Waals surface area contributed by atoms with E-state index in [-0.39, 0.29) is 35.4 Å². The van der Waals surface area contributed by atoms with E-state index in [0.717, 1.165) is 27.5 Å². The van der Waals surface area contributed by atoms with Crippen LogP contribution in [-0.2, 0) is 24.4 Å². The third-order valence-electron chi connectivity index (χ3n) is 8.59. The Hall–Kier alpha value is -3.96. The number of amides is 2. The summed E-state index contributed by atoms with van der Waals surface area (Å²) in [6.07, 6.45) is 1.07. The molecule has 2 amide bonds. The van der Waals surface area contributed by atoms with Gasteiger partial charge in [0.2, 0.25) is 15.9 Å². The number of nitrogens with one attached hydrogen (secondary N) is 2. The van der Waals surface area contributed by atoms with Crippen molar-refractivity contribution < 1.29 is 18.0 Å². The highest BCUT2D eigenvalue weighted by Crippen LogP contribution is 2.52. The highest BCUT2D eigenvalue weighted by Gasteiger charge is 2.48. The van der Waals surface area contributed by atoms with Crippen LogP contribution in [0.15, 0.2) is 138 Å². The number of benzene rings is 5. The lowest BCUT2D eigenvalue weighted by atomic mass is 9.84. The molecule has 7 nitrogen and oxygen atoms in total. The summed E-state index contributed by atoms with van der Waals surface area (Å²) in [4.78, 5) is 26.3. The van der Waals surface area contributed by atoms with E-state index in [1.165, 1.54) is 4.31 Å². The molecule has 48 heavy (non-hydrogen) atoms. The van der Waals surface area contributed by atoms with Crippen LogP contribution in [0.3, 0.4) is 0 Å². The molecule has 1 fully saturated rings. The Balaban J connectivity index is 1.41. The summed E-state index contributed by atoms with van der Waals surface area (Å²) in [5.74, 6) is -0.911. The van der Waals surface area contributed by atoms with E-state index in [2.05, 4.69) is 63.2 Å². The Morgan fingerprint density at radius 3 is 1.85 bits per heavy atom. The van der Waals surface area contributed by atoms with Crippen molar-refractivity contribution in [2.45, 2.75) is 40.2 Å². The van der Waals surface area contributed by atoms with Gasteiger partial charge >= 0.3 is 0 Å². The largest absolute Gasteiger partial charge is 0.273 e. The van der Waals surface area contributed by atoms with Crippen LogP contribution in [0.1, 0.15) is 36.0 Å². The van der Waals surface area contributed by atoms with Crippen LogP contribution in [-0.4, -0.2) is 47.7 Å². The lowest BCUT2D eigenvalue weighted by molar-refractivity contribution is -0.130. The van der Waals surface area contributed by atoms with Crippen LogP contribution < -0.4 is 10.9 Å². The summed E-state index contributed by atoms with van der Waals surface area (Å²) >= 11 is 4.97. The van der Waals surface area contributed by atoms with Crippen LogP contribution >= 0.6 is 27.7 Å². The third-order valence-corrected chi connectivity index (χ3v) is 12.8. The molecule has 1 aliphatic heterocycles. The number of carbonyl (C=O) groups excluding carboxylic acids is 2. The molecule has 0 aliphatic carbocycles. The molecule has 1 aliphatic rings. The first-order chi connectivity index (χ1) is 23.3. The second-order valence-corrected chi connectivity index (χ2v) is 15.9. The van der Waals surface area contributed by atoms with Crippen molar-refractivity contribution in [3.63, 3.8) is 0 Å². The number of sulfonamides is 1. The Morgan fingerprint density at radius 1 is 0.750 bits per heavy atom. The minimum Gasteiger partial charge on any atom is -0.273 e. The SMILES string of the molecule is O=C(CCCBr)NNC(=O)[C@@H]1C[C@@H](SC(c2ccccc2)(c2ccccc2)c2ccccc2)CN1S(=O)(=O)c1ccc2ccccc2c1. The molecule has 6 rings (SSSR count). The monoisotopic (exact) mass is 741 g/mol. The zero-order valence-electron chi connectivity index (χ0n) is 26.2. The highest BCUT2D eigenvalue weighted by molar-refractivity contribution is 9.09. The average molecular weight is 743 g/mol. The first-order valence-corrected chi connectivity index (χ1v) is 19.3. The summed E-state index contributed by atoms with van der Waals surface area (Å²) in [6.45, 7) is 0.101. The fourth-order valence-electron chi connectivity index (χ4n) is 6.30. The Kier molecular flexibility index (Phi) is 10.7. The van der Waals surface area contributed by atoms with E-state index in [1.54, 1.807) is 30.0 Å². The topological polar surface area (TPSA) is 95.6 Å². The maximum atomic E-state index is 14.4. The molecule has 0 radical (unpaired) electrons. The van der Waals surface area contributed by atoms with E-state index in [1.807, 2.05) is 78.9 Å². The molecule has 2 atom stereocenters. The Bertz CT molecular complexity index is 1880. The molecule has 10 heteroatoms. The minimum atomic E-state index is -4.12. The van der Waals surface area contributed by atoms with Crippen molar-refractivity contribution in [3.05, 3.63) is 150 Å². The Labute approximate surface area is 294 Å². The molecule has 0 spiro atoms. The van der Waals surface area contributed by atoms with Crippen molar-refractivity contribution >= 4 is 60.3 Å². The van der Waals surface area contributed by atoms with Crippen molar-refractivity contribution in [2.24, 2.45) is 0 Å². The summed E-state index contributed by atoms with van der Waals surface area (Å²) in [6, 6.07) is 42.1. The lowest BCUT2D eigenvalue weighted by Crippen LogP contribution is -2.51. The van der Waals surface area contributed by atoms with Gasteiger partial charge in [-0.25, -0.2) is 8.42 Å². The van der Waals surface area contributed by atoms with E-state index in [9.17, 15) is 18.0 Å². The van der Waals surface area contributed by atoms with Crippen molar-refractivity contribution in [3.8, 4) is 0 Å². The first-order valence-electron chi connectivity index (χ1n) is 15.8. The number of hydrazine groups is 1. The van der Waals surface area contributed by atoms with Crippen molar-refractivity contribution in [1.29, 1.82) is 0 Å². The van der Waals surface area contributed by atoms with E-state index < -0.39 is 26.7 Å². The maximum absolute atomic E-state index is 14.4. The van der Waals surface area contributed by atoms with Crippen LogP contribution in [0.25, 0.3) is 10.8 Å². The van der Waals surface area contributed by atoms with Gasteiger partial charge in [-0.2, -0.15) is 4.31 Å². The molecular formula is C38H36BrN3O4S2. The number of fused-ring (bicyclic) bond motifs is 1. The number of halogens is 1. The van der Waals surface area contributed by atoms with Gasteiger partial charge in [0.1, 0.15) is 6.04 Å². The van der Waals surface area contributed by atoms with Gasteiger partial charge in [0.15, 0.2) is 0 Å². The molecule has 1 saturated heterocycles. The standard InChI is InChI=1S/C38H36BrN3O4S2/c39-24-12-21-36(43)40-41-37(44)35-26-33(27-42(35)48(45,46)34-23-22-28-13-10-11-14-29(28)25-34)47-38(30-15-4-1-5-16-30,31-17-6-2-7-18-31)32-19-8-3-9-20-32/h1-11,13-20,22-23,25,33,35H,12,21,24,26-27H2,(H,40,43)(H,41,44)/t33-,35+/m1/s1. The minimum absolute atomic E-state index is 0.101. The lowest BCUT2D eigenvalue weighted by Gasteiger charge is -2.37. The van der Waals surface area contributed by atoms with Gasteiger partial charge in [-0.1, -0.05) is 137 Å². The summed E-state index contributed by atoms with van der Waals surface area (Å²) < 4.78 is 29.5. The molecule has 5 aromatic carbocycles. The van der Waals surface area contributed by atoms with Crippen LogP contribution in [0.2, 0.25) is 0 Å². The molecule has 0 bridgehead atoms. The van der Waals surface area contributed by atoms with Gasteiger partial charge in [-0.05, 0) is 52.4 Å². The number of hydrogen-bond acceptors (Lipinski definition) is 5. The van der Waals surface area contributed by atoms with Crippen LogP contribution in [0.4, 0.5) is 0 Å². The molecule has 246 valence electrons. The Morgan fingerprint density at radius 2 is 1.29 bits per heavy atom. The smallest absolute Gasteiger partial charge is 0.256 e. The predicted molar refractivity (Wildman–Crippen MR) is 196 cm³/mol. The summed E-state index contributed by atoms with van der Waals surface area (Å²) in [5, 5.41) is 2.07. The maximum Gasteiger partial charge on any atom is 0.256 e. The fourth-order valence-corrected chi connectivity index (χ4v) is 10.2. The third kappa shape index (κ3) is 7.08. The van der Waals surface area contributed by atoms with E-state index >= 15 is 0 Å². The summed E-state index contributed by atoms with van der Waals surface area (Å²) in [7, 11) is -4.12. The van der Waals surface area contributed by atoms with Gasteiger partial charge in [-0.3, -0.25) is 20.4 Å². The van der Waals surface area contributed by atoms with Gasteiger partial charge in [-0.15, -0.1) is 11.8 Å². The quantitative estimate of drug-likeness (QED) is 0.0863. The number of carbonyl (C=O) groups is 2. The second-order valence-electron chi connectivity index (χ2n) is 11.7. The number of rotatable bonds is 11. The fraction of sp³-hybridized carbons (Fsp3) is 0.211. The van der Waals surface area contributed by atoms with Crippen LogP contribution in [0, 0.1) is 0 Å². The zero-order chi connectivity index (χ0) is 33.6. The normalized spacial score (nSPS) is 16.9. The predicted octanol–water partition coefficient (Wildman–Crippen LogP) is 7.02.